The molecular formula is C23H21NO7. The van der Waals surface area contributed by atoms with E-state index < -0.39 is 10.9 Å². The number of non-ortho nitro benzene ring substituents is 1. The lowest BCUT2D eigenvalue weighted by atomic mass is 9.78. The van der Waals surface area contributed by atoms with Gasteiger partial charge in [-0.25, -0.2) is 4.79 Å². The summed E-state index contributed by atoms with van der Waals surface area (Å²) in [5, 5.41) is 10.7. The molecule has 1 heterocycles. The van der Waals surface area contributed by atoms with Crippen LogP contribution in [0.4, 0.5) is 5.69 Å². The molecule has 0 saturated heterocycles. The molecule has 0 N–H and O–H groups in total. The van der Waals surface area contributed by atoms with Crippen molar-refractivity contribution in [2.75, 3.05) is 7.11 Å². The van der Waals surface area contributed by atoms with Gasteiger partial charge in [0.2, 0.25) is 0 Å². The van der Waals surface area contributed by atoms with Gasteiger partial charge in [0.1, 0.15) is 18.0 Å². The summed E-state index contributed by atoms with van der Waals surface area (Å²) >= 11 is 0. The number of ether oxygens (including phenoxy) is 3. The molecule has 2 aromatic rings. The number of nitro groups is 1. The summed E-state index contributed by atoms with van der Waals surface area (Å²) in [6.07, 6.45) is 2.28. The average Bonchev–Trinajstić information content (AvgIpc) is 2.79. The summed E-state index contributed by atoms with van der Waals surface area (Å²) in [6.45, 7) is 0. The van der Waals surface area contributed by atoms with E-state index in [1.807, 2.05) is 12.1 Å². The van der Waals surface area contributed by atoms with E-state index in [-0.39, 0.29) is 35.2 Å². The molecule has 31 heavy (non-hydrogen) atoms. The van der Waals surface area contributed by atoms with Crippen molar-refractivity contribution in [2.45, 2.75) is 31.5 Å². The second-order valence-corrected chi connectivity index (χ2v) is 7.55. The highest BCUT2D eigenvalue weighted by atomic mass is 16.6. The first-order chi connectivity index (χ1) is 15.0. The number of methoxy groups -OCH3 is 1. The third kappa shape index (κ3) is 4.28. The largest absolute Gasteiger partial charge is 0.497 e. The molecule has 160 valence electrons. The van der Waals surface area contributed by atoms with Crippen LogP contribution in [0.1, 0.15) is 35.2 Å². The summed E-state index contributed by atoms with van der Waals surface area (Å²) in [5.74, 6) is -0.0883. The first kappa shape index (κ1) is 20.6. The lowest BCUT2D eigenvalue weighted by Gasteiger charge is -2.37. The second kappa shape index (κ2) is 8.59. The number of nitro benzene ring substituents is 1. The van der Waals surface area contributed by atoms with Crippen molar-refractivity contribution in [1.82, 2.24) is 0 Å². The van der Waals surface area contributed by atoms with Crippen LogP contribution in [0.25, 0.3) is 5.57 Å². The fourth-order valence-electron chi connectivity index (χ4n) is 3.98. The minimum absolute atomic E-state index is 0.0292. The highest BCUT2D eigenvalue weighted by Crippen LogP contribution is 2.37. The molecule has 2 aromatic carbocycles. The maximum atomic E-state index is 13.0. The molecule has 0 bridgehead atoms. The summed E-state index contributed by atoms with van der Waals surface area (Å²) in [6, 6.07) is 12.5. The van der Waals surface area contributed by atoms with Crippen molar-refractivity contribution in [3.63, 3.8) is 0 Å². The van der Waals surface area contributed by atoms with Gasteiger partial charge in [0.05, 0.1) is 35.3 Å². The van der Waals surface area contributed by atoms with E-state index in [9.17, 15) is 19.7 Å². The van der Waals surface area contributed by atoms with E-state index in [0.29, 0.717) is 30.6 Å². The maximum absolute atomic E-state index is 13.0. The minimum atomic E-state index is -0.546. The number of hydrogen-bond donors (Lipinski definition) is 0. The molecule has 1 fully saturated rings. The molecule has 0 spiro atoms. The van der Waals surface area contributed by atoms with E-state index >= 15 is 0 Å². The number of ketones is 1. The smallest absolute Gasteiger partial charge is 0.338 e. The molecule has 0 radical (unpaired) electrons. The quantitative estimate of drug-likeness (QED) is 0.407. The predicted molar refractivity (Wildman–Crippen MR) is 110 cm³/mol. The minimum Gasteiger partial charge on any atom is -0.497 e. The molecule has 0 aromatic heterocycles. The van der Waals surface area contributed by atoms with Crippen LogP contribution in [0.3, 0.4) is 0 Å². The molecule has 1 aliphatic heterocycles. The van der Waals surface area contributed by atoms with Gasteiger partial charge in [0.15, 0.2) is 5.78 Å². The monoisotopic (exact) mass is 423 g/mol. The van der Waals surface area contributed by atoms with Gasteiger partial charge in [0, 0.05) is 18.6 Å². The molecule has 3 unspecified atom stereocenters. The molecule has 0 amide bonds. The van der Waals surface area contributed by atoms with E-state index in [2.05, 4.69) is 0 Å². The number of Topliss-reactive ketones (excluding diaryl/α,β-unsaturated/α-hetero) is 1. The summed E-state index contributed by atoms with van der Waals surface area (Å²) < 4.78 is 16.6. The van der Waals surface area contributed by atoms with Gasteiger partial charge in [0.25, 0.3) is 5.69 Å². The van der Waals surface area contributed by atoms with Crippen molar-refractivity contribution in [1.29, 1.82) is 0 Å². The van der Waals surface area contributed by atoms with E-state index in [4.69, 9.17) is 14.2 Å². The van der Waals surface area contributed by atoms with Crippen molar-refractivity contribution in [3.05, 3.63) is 76.0 Å². The number of nitrogens with zero attached hydrogens (tertiary/aromatic N) is 1. The number of rotatable bonds is 5. The molecule has 1 aliphatic carbocycles. The van der Waals surface area contributed by atoms with Gasteiger partial charge >= 0.3 is 5.97 Å². The van der Waals surface area contributed by atoms with Gasteiger partial charge in [-0.2, -0.15) is 0 Å². The normalized spacial score (nSPS) is 22.5. The average molecular weight is 423 g/mol. The molecule has 8 heteroatoms. The van der Waals surface area contributed by atoms with Crippen LogP contribution in [0, 0.1) is 16.0 Å². The number of allylic oxidation sites excluding steroid dienone is 1. The zero-order valence-corrected chi connectivity index (χ0v) is 16.9. The molecule has 3 atom stereocenters. The molecule has 4 rings (SSSR count). The highest BCUT2D eigenvalue weighted by molar-refractivity contribution is 6.22. The summed E-state index contributed by atoms with van der Waals surface area (Å²) in [4.78, 5) is 35.6. The lowest BCUT2D eigenvalue weighted by molar-refractivity contribution is -0.384. The van der Waals surface area contributed by atoms with Gasteiger partial charge in [-0.15, -0.1) is 0 Å². The van der Waals surface area contributed by atoms with Crippen LogP contribution in [-0.2, 0) is 14.3 Å². The van der Waals surface area contributed by atoms with E-state index in [1.165, 1.54) is 30.5 Å². The molecule has 8 nitrogen and oxygen atoms in total. The third-order valence-corrected chi connectivity index (χ3v) is 5.70. The number of fused-ring (bicyclic) bond motifs is 1. The van der Waals surface area contributed by atoms with Crippen molar-refractivity contribution in [3.8, 4) is 5.75 Å². The van der Waals surface area contributed by atoms with Crippen LogP contribution in [0.5, 0.6) is 5.75 Å². The van der Waals surface area contributed by atoms with Gasteiger partial charge in [-0.05, 0) is 42.7 Å². The zero-order chi connectivity index (χ0) is 22.0. The molecule has 2 aliphatic rings. The summed E-state index contributed by atoms with van der Waals surface area (Å²) in [5.41, 5.74) is 1.46. The Kier molecular flexibility index (Phi) is 5.70. The van der Waals surface area contributed by atoms with Gasteiger partial charge in [-0.3, -0.25) is 14.9 Å². The van der Waals surface area contributed by atoms with Crippen molar-refractivity contribution >= 4 is 23.0 Å². The number of carbonyl (C=O) groups excluding carboxylic acids is 2. The third-order valence-electron chi connectivity index (χ3n) is 5.70. The SMILES string of the molecule is COc1ccc(C2=COC3CC(OC(=O)c4ccc([N+](=O)[O-])cc4)CCC3C2=O)cc1. The van der Waals surface area contributed by atoms with Crippen LogP contribution < -0.4 is 4.74 Å². The van der Waals surface area contributed by atoms with Gasteiger partial charge in [-0.1, -0.05) is 12.1 Å². The Morgan fingerprint density at radius 1 is 1.10 bits per heavy atom. The summed E-state index contributed by atoms with van der Waals surface area (Å²) in [7, 11) is 1.58. The Labute approximate surface area is 178 Å². The second-order valence-electron chi connectivity index (χ2n) is 7.55. The number of benzene rings is 2. The van der Waals surface area contributed by atoms with Crippen molar-refractivity contribution in [2.24, 2.45) is 5.92 Å². The van der Waals surface area contributed by atoms with Crippen LogP contribution in [-0.4, -0.2) is 36.0 Å². The Balaban J connectivity index is 1.40. The van der Waals surface area contributed by atoms with Crippen LogP contribution in [0.2, 0.25) is 0 Å². The first-order valence-corrected chi connectivity index (χ1v) is 9.96. The Hall–Kier alpha value is -3.68. The predicted octanol–water partition coefficient (Wildman–Crippen LogP) is 3.94. The topological polar surface area (TPSA) is 105 Å². The fraction of sp³-hybridized carbons (Fsp3) is 0.304. The van der Waals surface area contributed by atoms with Gasteiger partial charge < -0.3 is 14.2 Å². The Bertz CT molecular complexity index is 1030. The first-order valence-electron chi connectivity index (χ1n) is 9.96. The van der Waals surface area contributed by atoms with E-state index in [0.717, 1.165) is 5.56 Å². The zero-order valence-electron chi connectivity index (χ0n) is 16.9. The van der Waals surface area contributed by atoms with Crippen molar-refractivity contribution < 1.29 is 28.7 Å². The number of esters is 1. The number of hydrogen-bond acceptors (Lipinski definition) is 7. The standard InChI is InChI=1S/C23H21NO7/c1-29-17-8-4-14(5-9-17)20-13-30-21-12-18(10-11-19(21)22(20)25)31-23(26)15-2-6-16(7-3-15)24(27)28/h2-9,13,18-19,21H,10-12H2,1H3. The molecular weight excluding hydrogens is 402 g/mol. The number of carbonyl (C=O) groups is 2. The maximum Gasteiger partial charge on any atom is 0.338 e. The Morgan fingerprint density at radius 3 is 2.45 bits per heavy atom. The lowest BCUT2D eigenvalue weighted by Crippen LogP contribution is -2.41. The van der Waals surface area contributed by atoms with E-state index in [1.54, 1.807) is 19.2 Å². The fourth-order valence-corrected chi connectivity index (χ4v) is 3.98. The van der Waals surface area contributed by atoms with Crippen LogP contribution >= 0.6 is 0 Å². The molecule has 1 saturated carbocycles. The Morgan fingerprint density at radius 2 is 1.81 bits per heavy atom. The highest BCUT2D eigenvalue weighted by Gasteiger charge is 2.41. The van der Waals surface area contributed by atoms with Crippen LogP contribution in [0.15, 0.2) is 54.8 Å².